The van der Waals surface area contributed by atoms with Crippen molar-refractivity contribution in [2.24, 2.45) is 7.05 Å². The molecule has 0 saturated carbocycles. The molecule has 3 heteroatoms. The summed E-state index contributed by atoms with van der Waals surface area (Å²) in [6, 6.07) is 12.7. The van der Waals surface area contributed by atoms with Crippen molar-refractivity contribution in [1.29, 1.82) is 0 Å². The summed E-state index contributed by atoms with van der Waals surface area (Å²) in [6.45, 7) is 4.48. The van der Waals surface area contributed by atoms with Gasteiger partial charge in [-0.3, -0.25) is 0 Å². The minimum atomic E-state index is 0.687. The molecule has 1 aliphatic heterocycles. The molecule has 98 valence electrons. The molecule has 0 unspecified atom stereocenters. The first kappa shape index (κ1) is 12.2. The molecule has 0 saturated heterocycles. The number of pyridine rings is 1. The zero-order valence-corrected chi connectivity index (χ0v) is 11.5. The van der Waals surface area contributed by atoms with Crippen molar-refractivity contribution in [3.05, 3.63) is 53.7 Å². The number of hydrogen-bond donors (Lipinski definition) is 0. The number of aryl methyl sites for hydroxylation is 2. The number of anilines is 2. The lowest BCUT2D eigenvalue weighted by Gasteiger charge is -2.19. The van der Waals surface area contributed by atoms with Gasteiger partial charge in [0, 0.05) is 0 Å². The van der Waals surface area contributed by atoms with Gasteiger partial charge in [-0.15, -0.1) is 0 Å². The number of aromatic nitrogens is 1. The normalized spacial score (nSPS) is 14.9. The molecule has 0 radical (unpaired) electrons. The van der Waals surface area contributed by atoms with Crippen LogP contribution in [0.25, 0.3) is 0 Å². The van der Waals surface area contributed by atoms with Crippen molar-refractivity contribution in [3.63, 3.8) is 0 Å². The highest BCUT2D eigenvalue weighted by atomic mass is 16.5. The van der Waals surface area contributed by atoms with Gasteiger partial charge in [-0.05, 0) is 30.7 Å². The third-order valence-corrected chi connectivity index (χ3v) is 3.61. The van der Waals surface area contributed by atoms with E-state index in [0.29, 0.717) is 6.61 Å². The van der Waals surface area contributed by atoms with E-state index in [2.05, 4.69) is 66.0 Å². The van der Waals surface area contributed by atoms with Crippen molar-refractivity contribution in [1.82, 2.24) is 0 Å². The first-order valence-electron chi connectivity index (χ1n) is 6.66. The van der Waals surface area contributed by atoms with E-state index in [1.165, 1.54) is 22.6 Å². The lowest BCUT2D eigenvalue weighted by Crippen LogP contribution is -2.38. The first-order chi connectivity index (χ1) is 9.27. The van der Waals surface area contributed by atoms with Crippen LogP contribution in [-0.2, 0) is 18.4 Å². The molecule has 0 fully saturated rings. The molecule has 0 bridgehead atoms. The second kappa shape index (κ2) is 5.02. The number of ether oxygens (including phenoxy) is 1. The summed E-state index contributed by atoms with van der Waals surface area (Å²) in [5.41, 5.74) is 3.79. The molecular weight excluding hydrogens is 236 g/mol. The van der Waals surface area contributed by atoms with Gasteiger partial charge >= 0.3 is 0 Å². The summed E-state index contributed by atoms with van der Waals surface area (Å²) >= 11 is 0. The van der Waals surface area contributed by atoms with Gasteiger partial charge in [0.15, 0.2) is 0 Å². The predicted molar refractivity (Wildman–Crippen MR) is 75.5 cm³/mol. The summed E-state index contributed by atoms with van der Waals surface area (Å²) < 4.78 is 7.89. The number of hydrogen-bond acceptors (Lipinski definition) is 2. The number of para-hydroxylation sites is 1. The maximum Gasteiger partial charge on any atom is 0.287 e. The molecule has 0 aliphatic carbocycles. The van der Waals surface area contributed by atoms with E-state index in [1.54, 1.807) is 0 Å². The monoisotopic (exact) mass is 255 g/mol. The molecule has 3 rings (SSSR count). The standard InChI is InChI=1S/C16H19N2O/c1-13-6-3-4-8-15(13)18-10-11-19-12-14-7-5-9-17(2)16(14)18/h3-9H,10-12H2,1-2H3/q+1. The second-order valence-corrected chi connectivity index (χ2v) is 4.96. The highest BCUT2D eigenvalue weighted by Gasteiger charge is 2.27. The van der Waals surface area contributed by atoms with Gasteiger partial charge in [-0.2, -0.15) is 0 Å². The van der Waals surface area contributed by atoms with E-state index in [-0.39, 0.29) is 0 Å². The molecule has 19 heavy (non-hydrogen) atoms. The number of nitrogens with zero attached hydrogens (tertiary/aromatic N) is 2. The Balaban J connectivity index is 2.16. The average Bonchev–Trinajstić information content (AvgIpc) is 2.63. The van der Waals surface area contributed by atoms with Crippen LogP contribution in [0.15, 0.2) is 42.6 Å². The van der Waals surface area contributed by atoms with E-state index in [4.69, 9.17) is 4.74 Å². The van der Waals surface area contributed by atoms with Crippen LogP contribution in [-0.4, -0.2) is 13.2 Å². The number of fused-ring (bicyclic) bond motifs is 1. The first-order valence-corrected chi connectivity index (χ1v) is 6.66. The van der Waals surface area contributed by atoms with Crippen LogP contribution in [0.3, 0.4) is 0 Å². The summed E-state index contributed by atoms with van der Waals surface area (Å²) in [5, 5.41) is 0. The Morgan fingerprint density at radius 3 is 2.84 bits per heavy atom. The van der Waals surface area contributed by atoms with Crippen molar-refractivity contribution in [3.8, 4) is 0 Å². The minimum Gasteiger partial charge on any atom is -0.372 e. The van der Waals surface area contributed by atoms with Gasteiger partial charge in [0.2, 0.25) is 0 Å². The molecule has 3 nitrogen and oxygen atoms in total. The molecule has 1 aromatic heterocycles. The SMILES string of the molecule is Cc1ccccc1N1CCOCc2ccc[n+](C)c21. The zero-order chi connectivity index (χ0) is 13.2. The molecule has 2 heterocycles. The molecule has 0 spiro atoms. The fourth-order valence-corrected chi connectivity index (χ4v) is 2.68. The Labute approximate surface area is 114 Å². The second-order valence-electron chi connectivity index (χ2n) is 4.96. The van der Waals surface area contributed by atoms with Crippen LogP contribution in [0.5, 0.6) is 0 Å². The van der Waals surface area contributed by atoms with E-state index in [9.17, 15) is 0 Å². The summed E-state index contributed by atoms with van der Waals surface area (Å²) in [6.07, 6.45) is 2.09. The quantitative estimate of drug-likeness (QED) is 0.728. The van der Waals surface area contributed by atoms with Crippen molar-refractivity contribution >= 4 is 11.5 Å². The Morgan fingerprint density at radius 1 is 1.16 bits per heavy atom. The zero-order valence-electron chi connectivity index (χ0n) is 11.5. The molecule has 0 N–H and O–H groups in total. The van der Waals surface area contributed by atoms with Crippen LogP contribution in [0.2, 0.25) is 0 Å². The van der Waals surface area contributed by atoms with Gasteiger partial charge in [0.1, 0.15) is 12.2 Å². The Bertz CT molecular complexity index is 595. The fourth-order valence-electron chi connectivity index (χ4n) is 2.68. The third kappa shape index (κ3) is 2.22. The maximum atomic E-state index is 5.71. The highest BCUT2D eigenvalue weighted by molar-refractivity contribution is 5.64. The van der Waals surface area contributed by atoms with Crippen LogP contribution in [0.4, 0.5) is 11.5 Å². The van der Waals surface area contributed by atoms with Crippen LogP contribution < -0.4 is 9.47 Å². The van der Waals surface area contributed by atoms with Crippen LogP contribution in [0.1, 0.15) is 11.1 Å². The van der Waals surface area contributed by atoms with Gasteiger partial charge in [-0.25, -0.2) is 9.47 Å². The molecule has 2 aromatic rings. The van der Waals surface area contributed by atoms with E-state index in [1.807, 2.05) is 0 Å². The molecule has 0 amide bonds. The lowest BCUT2D eigenvalue weighted by atomic mass is 10.1. The highest BCUT2D eigenvalue weighted by Crippen LogP contribution is 2.29. The molecule has 0 atom stereocenters. The van der Waals surface area contributed by atoms with Gasteiger partial charge in [-0.1, -0.05) is 18.2 Å². The van der Waals surface area contributed by atoms with Gasteiger partial charge < -0.3 is 4.74 Å². The fraction of sp³-hybridized carbons (Fsp3) is 0.312. The molecule has 1 aromatic carbocycles. The largest absolute Gasteiger partial charge is 0.372 e. The van der Waals surface area contributed by atoms with Crippen LogP contribution >= 0.6 is 0 Å². The average molecular weight is 255 g/mol. The van der Waals surface area contributed by atoms with Crippen molar-refractivity contribution in [2.45, 2.75) is 13.5 Å². The Morgan fingerprint density at radius 2 is 2.00 bits per heavy atom. The maximum absolute atomic E-state index is 5.71. The van der Waals surface area contributed by atoms with E-state index >= 15 is 0 Å². The van der Waals surface area contributed by atoms with Crippen molar-refractivity contribution < 1.29 is 9.30 Å². The summed E-state index contributed by atoms with van der Waals surface area (Å²) in [5.74, 6) is 1.23. The molecule has 1 aliphatic rings. The predicted octanol–water partition coefficient (Wildman–Crippen LogP) is 2.49. The van der Waals surface area contributed by atoms with Crippen molar-refractivity contribution in [2.75, 3.05) is 18.1 Å². The topological polar surface area (TPSA) is 16.4 Å². The third-order valence-electron chi connectivity index (χ3n) is 3.61. The minimum absolute atomic E-state index is 0.687. The Hall–Kier alpha value is -1.87. The van der Waals surface area contributed by atoms with Gasteiger partial charge in [0.05, 0.1) is 32.0 Å². The van der Waals surface area contributed by atoms with Crippen LogP contribution in [0, 0.1) is 6.92 Å². The lowest BCUT2D eigenvalue weighted by molar-refractivity contribution is -0.658. The van der Waals surface area contributed by atoms with E-state index < -0.39 is 0 Å². The molecular formula is C16H19N2O+. The number of rotatable bonds is 1. The summed E-state index contributed by atoms with van der Waals surface area (Å²) in [7, 11) is 2.09. The number of benzene rings is 1. The smallest absolute Gasteiger partial charge is 0.287 e. The Kier molecular flexibility index (Phi) is 3.22. The van der Waals surface area contributed by atoms with Gasteiger partial charge in [0.25, 0.3) is 5.82 Å². The summed E-state index contributed by atoms with van der Waals surface area (Å²) in [4.78, 5) is 2.36. The van der Waals surface area contributed by atoms with E-state index in [0.717, 1.165) is 13.2 Å².